The van der Waals surface area contributed by atoms with Gasteiger partial charge in [0, 0.05) is 19.3 Å². The molecule has 6 atom stereocenters. The summed E-state index contributed by atoms with van der Waals surface area (Å²) in [5, 5.41) is 11.6. The van der Waals surface area contributed by atoms with E-state index in [1.807, 2.05) is 6.92 Å². The Morgan fingerprint density at radius 2 is 1.61 bits per heavy atom. The van der Waals surface area contributed by atoms with Gasteiger partial charge in [0.1, 0.15) is 11.6 Å². The number of aliphatic hydroxyl groups is 1. The monoisotopic (exact) mass is 318 g/mol. The molecule has 128 valence electrons. The number of ketones is 2. The average molecular weight is 318 g/mol. The van der Waals surface area contributed by atoms with E-state index in [1.165, 1.54) is 0 Å². The molecule has 4 aliphatic rings. The van der Waals surface area contributed by atoms with Crippen LogP contribution >= 0.6 is 0 Å². The van der Waals surface area contributed by atoms with Crippen LogP contribution < -0.4 is 0 Å². The smallest absolute Gasteiger partial charge is 0.141 e. The number of carbonyl (C=O) groups excluding carboxylic acids is 2. The Bertz CT molecular complexity index is 583. The Morgan fingerprint density at radius 1 is 0.913 bits per heavy atom. The van der Waals surface area contributed by atoms with Crippen molar-refractivity contribution in [2.24, 2.45) is 28.1 Å². The van der Waals surface area contributed by atoms with E-state index in [1.54, 1.807) is 0 Å². The predicted molar refractivity (Wildman–Crippen MR) is 87.8 cm³/mol. The highest BCUT2D eigenvalue weighted by atomic mass is 16.3. The molecule has 0 spiro atoms. The Morgan fingerprint density at radius 3 is 2.35 bits per heavy atom. The molecular formula is C20H30O3. The van der Waals surface area contributed by atoms with Crippen LogP contribution in [0.1, 0.15) is 78.6 Å². The predicted octanol–water partition coefficient (Wildman–Crippen LogP) is 3.67. The van der Waals surface area contributed by atoms with Gasteiger partial charge in [-0.25, -0.2) is 0 Å². The van der Waals surface area contributed by atoms with Crippen molar-refractivity contribution >= 4 is 11.6 Å². The first-order chi connectivity index (χ1) is 10.7. The first-order valence-electron chi connectivity index (χ1n) is 9.44. The zero-order chi connectivity index (χ0) is 16.7. The SMILES string of the molecule is C[C@@]12CC[C@H]3[C@H](CC[C@@]4(C)C(=O)CC[C@@]34O)[C@]1(C)CCC(=O)C2. The van der Waals surface area contributed by atoms with E-state index in [2.05, 4.69) is 13.8 Å². The van der Waals surface area contributed by atoms with Gasteiger partial charge < -0.3 is 5.11 Å². The van der Waals surface area contributed by atoms with Crippen molar-refractivity contribution in [3.05, 3.63) is 0 Å². The highest BCUT2D eigenvalue weighted by Crippen LogP contribution is 2.69. The van der Waals surface area contributed by atoms with Crippen molar-refractivity contribution in [1.82, 2.24) is 0 Å². The third kappa shape index (κ3) is 1.70. The normalized spacial score (nSPS) is 56.0. The first kappa shape index (κ1) is 15.8. The largest absolute Gasteiger partial charge is 0.389 e. The Labute approximate surface area is 139 Å². The molecule has 23 heavy (non-hydrogen) atoms. The molecule has 4 rings (SSSR count). The molecule has 4 fully saturated rings. The van der Waals surface area contributed by atoms with E-state index in [0.29, 0.717) is 37.4 Å². The topological polar surface area (TPSA) is 54.4 Å². The van der Waals surface area contributed by atoms with Gasteiger partial charge >= 0.3 is 0 Å². The molecular weight excluding hydrogens is 288 g/mol. The second-order valence-corrected chi connectivity index (χ2v) is 9.66. The Hall–Kier alpha value is -0.700. The molecule has 0 aliphatic heterocycles. The molecule has 0 unspecified atom stereocenters. The number of hydrogen-bond donors (Lipinski definition) is 1. The first-order valence-corrected chi connectivity index (χ1v) is 9.44. The van der Waals surface area contributed by atoms with E-state index in [4.69, 9.17) is 0 Å². The number of Topliss-reactive ketones (excluding diaryl/α,β-unsaturated/α-hetero) is 2. The van der Waals surface area contributed by atoms with Crippen LogP contribution in [0.3, 0.4) is 0 Å². The lowest BCUT2D eigenvalue weighted by molar-refractivity contribution is -0.214. The Balaban J connectivity index is 1.75. The summed E-state index contributed by atoms with van der Waals surface area (Å²) in [5.41, 5.74) is -1.12. The summed E-state index contributed by atoms with van der Waals surface area (Å²) in [6.45, 7) is 6.69. The molecule has 3 nitrogen and oxygen atoms in total. The molecule has 1 N–H and O–H groups in total. The molecule has 4 aliphatic carbocycles. The standard InChI is InChI=1S/C20H30O3/c1-17-8-5-15-14(18(17,2)9-4-13(21)12-17)6-10-19(3)16(22)7-11-20(15,19)23/h14-15,23H,4-12H2,1-3H3/t14-,15-,17-,18-,19-,20+/m0/s1. The molecule has 0 amide bonds. The van der Waals surface area contributed by atoms with Crippen LogP contribution in [0.4, 0.5) is 0 Å². The van der Waals surface area contributed by atoms with E-state index in [-0.39, 0.29) is 22.5 Å². The summed E-state index contributed by atoms with van der Waals surface area (Å²) in [4.78, 5) is 24.5. The average Bonchev–Trinajstić information content (AvgIpc) is 2.73. The van der Waals surface area contributed by atoms with Crippen LogP contribution in [0, 0.1) is 28.1 Å². The molecule has 0 heterocycles. The summed E-state index contributed by atoms with van der Waals surface area (Å²) in [6.07, 6.45) is 7.42. The molecule has 0 aromatic carbocycles. The summed E-state index contributed by atoms with van der Waals surface area (Å²) in [6, 6.07) is 0. The highest BCUT2D eigenvalue weighted by molar-refractivity contribution is 5.88. The van der Waals surface area contributed by atoms with Gasteiger partial charge in [0.05, 0.1) is 11.0 Å². The van der Waals surface area contributed by atoms with Gasteiger partial charge in [-0.05, 0) is 68.1 Å². The quantitative estimate of drug-likeness (QED) is 0.741. The molecule has 0 bridgehead atoms. The lowest BCUT2D eigenvalue weighted by Gasteiger charge is -2.65. The Kier molecular flexibility index (Phi) is 3.07. The number of rotatable bonds is 0. The van der Waals surface area contributed by atoms with Crippen molar-refractivity contribution in [2.75, 3.05) is 0 Å². The van der Waals surface area contributed by atoms with Crippen molar-refractivity contribution in [1.29, 1.82) is 0 Å². The number of carbonyl (C=O) groups is 2. The maximum absolute atomic E-state index is 12.5. The van der Waals surface area contributed by atoms with E-state index in [0.717, 1.165) is 32.1 Å². The van der Waals surface area contributed by atoms with Crippen LogP contribution in [0.2, 0.25) is 0 Å². The lowest BCUT2D eigenvalue weighted by atomic mass is 9.40. The van der Waals surface area contributed by atoms with Crippen LogP contribution in [0.15, 0.2) is 0 Å². The van der Waals surface area contributed by atoms with Crippen molar-refractivity contribution in [2.45, 2.75) is 84.2 Å². The molecule has 0 saturated heterocycles. The summed E-state index contributed by atoms with van der Waals surface area (Å²) in [7, 11) is 0. The van der Waals surface area contributed by atoms with E-state index < -0.39 is 11.0 Å². The third-order valence-corrected chi connectivity index (χ3v) is 9.07. The van der Waals surface area contributed by atoms with E-state index in [9.17, 15) is 14.7 Å². The summed E-state index contributed by atoms with van der Waals surface area (Å²) < 4.78 is 0. The highest BCUT2D eigenvalue weighted by Gasteiger charge is 2.69. The zero-order valence-corrected chi connectivity index (χ0v) is 14.8. The zero-order valence-electron chi connectivity index (χ0n) is 14.8. The van der Waals surface area contributed by atoms with Gasteiger partial charge in [0.15, 0.2) is 0 Å². The van der Waals surface area contributed by atoms with Gasteiger partial charge in [0.2, 0.25) is 0 Å². The van der Waals surface area contributed by atoms with Crippen LogP contribution in [0.25, 0.3) is 0 Å². The second-order valence-electron chi connectivity index (χ2n) is 9.66. The summed E-state index contributed by atoms with van der Waals surface area (Å²) in [5.74, 6) is 1.38. The molecule has 0 aromatic heterocycles. The van der Waals surface area contributed by atoms with Crippen molar-refractivity contribution in [3.8, 4) is 0 Å². The maximum atomic E-state index is 12.5. The van der Waals surface area contributed by atoms with Gasteiger partial charge in [-0.15, -0.1) is 0 Å². The van der Waals surface area contributed by atoms with E-state index >= 15 is 0 Å². The number of fused-ring (bicyclic) bond motifs is 5. The minimum absolute atomic E-state index is 0.0796. The minimum atomic E-state index is -0.807. The van der Waals surface area contributed by atoms with Gasteiger partial charge in [-0.2, -0.15) is 0 Å². The fourth-order valence-electron chi connectivity index (χ4n) is 7.14. The third-order valence-electron chi connectivity index (χ3n) is 9.07. The fraction of sp³-hybridized carbons (Fsp3) is 0.900. The minimum Gasteiger partial charge on any atom is -0.389 e. The molecule has 3 heteroatoms. The van der Waals surface area contributed by atoms with Crippen LogP contribution in [-0.2, 0) is 9.59 Å². The van der Waals surface area contributed by atoms with Crippen LogP contribution in [-0.4, -0.2) is 22.3 Å². The summed E-state index contributed by atoms with van der Waals surface area (Å²) >= 11 is 0. The molecule has 0 radical (unpaired) electrons. The molecule has 4 saturated carbocycles. The van der Waals surface area contributed by atoms with Gasteiger partial charge in [-0.1, -0.05) is 13.8 Å². The second kappa shape index (κ2) is 4.47. The number of hydrogen-bond acceptors (Lipinski definition) is 3. The van der Waals surface area contributed by atoms with Crippen molar-refractivity contribution < 1.29 is 14.7 Å². The lowest BCUT2D eigenvalue weighted by Crippen LogP contribution is -2.64. The maximum Gasteiger partial charge on any atom is 0.141 e. The molecule has 0 aromatic rings. The van der Waals surface area contributed by atoms with Crippen LogP contribution in [0.5, 0.6) is 0 Å². The fourth-order valence-corrected chi connectivity index (χ4v) is 7.14. The van der Waals surface area contributed by atoms with Crippen molar-refractivity contribution in [3.63, 3.8) is 0 Å². The van der Waals surface area contributed by atoms with Gasteiger partial charge in [-0.3, -0.25) is 9.59 Å². The van der Waals surface area contributed by atoms with Gasteiger partial charge in [0.25, 0.3) is 0 Å².